The van der Waals surface area contributed by atoms with Gasteiger partial charge in [-0.2, -0.15) is 0 Å². The van der Waals surface area contributed by atoms with Crippen molar-refractivity contribution in [2.75, 3.05) is 39.8 Å². The van der Waals surface area contributed by atoms with Gasteiger partial charge in [0.25, 0.3) is 0 Å². The Morgan fingerprint density at radius 3 is 2.67 bits per heavy atom. The van der Waals surface area contributed by atoms with E-state index in [1.54, 1.807) is 11.2 Å². The van der Waals surface area contributed by atoms with Crippen molar-refractivity contribution in [2.45, 2.75) is 26.8 Å². The lowest BCUT2D eigenvalue weighted by Gasteiger charge is -2.33. The van der Waals surface area contributed by atoms with Crippen LogP contribution in [0.3, 0.4) is 0 Å². The van der Waals surface area contributed by atoms with Gasteiger partial charge in [-0.05, 0) is 12.1 Å². The molecule has 132 valence electrons. The number of nitrogens with zero attached hydrogens (tertiary/aromatic N) is 3. The van der Waals surface area contributed by atoms with Gasteiger partial charge in [-0.3, -0.25) is 14.5 Å². The second-order valence-electron chi connectivity index (χ2n) is 7.63. The van der Waals surface area contributed by atoms with Crippen LogP contribution in [0.5, 0.6) is 0 Å². The molecule has 1 atom stereocenters. The van der Waals surface area contributed by atoms with Crippen molar-refractivity contribution in [3.8, 4) is 0 Å². The molecule has 6 nitrogen and oxygen atoms in total. The lowest BCUT2D eigenvalue weighted by molar-refractivity contribution is -0.135. The zero-order valence-corrected chi connectivity index (χ0v) is 14.8. The molecule has 2 amide bonds. The molecule has 1 aromatic heterocycles. The predicted molar refractivity (Wildman–Crippen MR) is 90.1 cm³/mol. The van der Waals surface area contributed by atoms with E-state index in [-0.39, 0.29) is 23.1 Å². The average Bonchev–Trinajstić information content (AvgIpc) is 3.06. The van der Waals surface area contributed by atoms with Gasteiger partial charge in [-0.25, -0.2) is 0 Å². The minimum absolute atomic E-state index is 0.0199. The number of hydrogen-bond donors (Lipinski definition) is 0. The van der Waals surface area contributed by atoms with Crippen molar-refractivity contribution < 1.29 is 14.0 Å². The molecule has 0 N–H and O–H groups in total. The second kappa shape index (κ2) is 6.59. The first-order valence-corrected chi connectivity index (χ1v) is 8.66. The van der Waals surface area contributed by atoms with Crippen LogP contribution in [-0.2, 0) is 16.1 Å². The molecule has 2 aliphatic heterocycles. The monoisotopic (exact) mass is 333 g/mol. The van der Waals surface area contributed by atoms with Crippen molar-refractivity contribution >= 4 is 11.8 Å². The molecule has 2 saturated heterocycles. The molecule has 0 bridgehead atoms. The molecule has 1 unspecified atom stereocenters. The molecular weight excluding hydrogens is 306 g/mol. The summed E-state index contributed by atoms with van der Waals surface area (Å²) in [6.45, 7) is 8.29. The van der Waals surface area contributed by atoms with Gasteiger partial charge in [0.1, 0.15) is 5.76 Å². The van der Waals surface area contributed by atoms with Crippen LogP contribution in [0.15, 0.2) is 22.8 Å². The molecule has 24 heavy (non-hydrogen) atoms. The zero-order chi connectivity index (χ0) is 17.3. The first kappa shape index (κ1) is 17.0. The Hall–Kier alpha value is -1.82. The summed E-state index contributed by atoms with van der Waals surface area (Å²) in [7, 11) is 1.85. The molecule has 0 aliphatic carbocycles. The van der Waals surface area contributed by atoms with Gasteiger partial charge in [0.2, 0.25) is 11.8 Å². The molecule has 6 heteroatoms. The maximum Gasteiger partial charge on any atom is 0.225 e. The number of hydrogen-bond acceptors (Lipinski definition) is 4. The Bertz CT molecular complexity index is 599. The fraction of sp³-hybridized carbons (Fsp3) is 0.667. The van der Waals surface area contributed by atoms with E-state index >= 15 is 0 Å². The maximum absolute atomic E-state index is 12.6. The largest absolute Gasteiger partial charge is 0.468 e. The number of furan rings is 1. The van der Waals surface area contributed by atoms with E-state index in [1.807, 2.05) is 37.9 Å². The topological polar surface area (TPSA) is 57.0 Å². The number of rotatable bonds is 3. The van der Waals surface area contributed by atoms with Crippen molar-refractivity contribution in [3.05, 3.63) is 24.2 Å². The summed E-state index contributed by atoms with van der Waals surface area (Å²) < 4.78 is 5.48. The Balaban J connectivity index is 1.81. The van der Waals surface area contributed by atoms with Crippen LogP contribution in [0.2, 0.25) is 0 Å². The molecule has 0 radical (unpaired) electrons. The van der Waals surface area contributed by atoms with Gasteiger partial charge in [0.05, 0.1) is 12.8 Å². The second-order valence-corrected chi connectivity index (χ2v) is 7.63. The highest BCUT2D eigenvalue weighted by atomic mass is 16.3. The summed E-state index contributed by atoms with van der Waals surface area (Å²) in [5.41, 5.74) is -0.181. The van der Waals surface area contributed by atoms with Gasteiger partial charge in [-0.15, -0.1) is 0 Å². The standard InChI is InChI=1S/C18H27N3O3/c1-14(2)17(23)21-7-6-20(10-15-5-4-8-24-15)12-18(13-21)9-16(22)19(3)11-18/h4-5,8,14H,6-7,9-13H2,1-3H3. The van der Waals surface area contributed by atoms with E-state index in [0.29, 0.717) is 26.1 Å². The molecule has 2 aliphatic rings. The van der Waals surface area contributed by atoms with Crippen molar-refractivity contribution in [1.29, 1.82) is 0 Å². The van der Waals surface area contributed by atoms with E-state index in [2.05, 4.69) is 4.90 Å². The maximum atomic E-state index is 12.6. The van der Waals surface area contributed by atoms with Crippen LogP contribution in [0, 0.1) is 11.3 Å². The van der Waals surface area contributed by atoms with Gasteiger partial charge < -0.3 is 14.2 Å². The first-order chi connectivity index (χ1) is 11.4. The van der Waals surface area contributed by atoms with Gasteiger partial charge in [0.15, 0.2) is 0 Å². The van der Waals surface area contributed by atoms with E-state index in [0.717, 1.165) is 25.4 Å². The number of likely N-dealkylation sites (tertiary alicyclic amines) is 1. The lowest BCUT2D eigenvalue weighted by atomic mass is 9.85. The summed E-state index contributed by atoms with van der Waals surface area (Å²) in [6.07, 6.45) is 2.20. The zero-order valence-electron chi connectivity index (χ0n) is 14.8. The molecular formula is C18H27N3O3. The summed E-state index contributed by atoms with van der Waals surface area (Å²) >= 11 is 0. The van der Waals surface area contributed by atoms with Gasteiger partial charge in [-0.1, -0.05) is 13.8 Å². The Labute approximate surface area is 143 Å². The van der Waals surface area contributed by atoms with E-state index in [1.165, 1.54) is 0 Å². The third-order valence-electron chi connectivity index (χ3n) is 5.06. The molecule has 0 saturated carbocycles. The summed E-state index contributed by atoms with van der Waals surface area (Å²) in [6, 6.07) is 3.87. The Morgan fingerprint density at radius 2 is 2.08 bits per heavy atom. The number of carbonyl (C=O) groups excluding carboxylic acids is 2. The van der Waals surface area contributed by atoms with Crippen LogP contribution in [0.25, 0.3) is 0 Å². The highest BCUT2D eigenvalue weighted by Crippen LogP contribution is 2.35. The third kappa shape index (κ3) is 3.48. The Kier molecular flexibility index (Phi) is 4.67. The molecule has 0 aromatic carbocycles. The highest BCUT2D eigenvalue weighted by molar-refractivity contribution is 5.80. The van der Waals surface area contributed by atoms with Crippen molar-refractivity contribution in [2.24, 2.45) is 11.3 Å². The van der Waals surface area contributed by atoms with Crippen LogP contribution in [0.4, 0.5) is 0 Å². The average molecular weight is 333 g/mol. The van der Waals surface area contributed by atoms with Gasteiger partial charge in [0, 0.05) is 57.5 Å². The molecule has 1 aromatic rings. The first-order valence-electron chi connectivity index (χ1n) is 8.66. The number of amides is 2. The quantitative estimate of drug-likeness (QED) is 0.840. The SMILES string of the molecule is CC(C)C(=O)N1CCN(Cc2ccco2)CC2(CC(=O)N(C)C2)C1. The Morgan fingerprint density at radius 1 is 1.29 bits per heavy atom. The molecule has 1 spiro atoms. The molecule has 2 fully saturated rings. The summed E-state index contributed by atoms with van der Waals surface area (Å²) in [5.74, 6) is 1.25. The normalized spacial score (nSPS) is 25.8. The minimum atomic E-state index is -0.181. The summed E-state index contributed by atoms with van der Waals surface area (Å²) in [4.78, 5) is 30.8. The fourth-order valence-electron chi connectivity index (χ4n) is 3.98. The lowest BCUT2D eigenvalue weighted by Crippen LogP contribution is -2.45. The van der Waals surface area contributed by atoms with Crippen LogP contribution in [0.1, 0.15) is 26.0 Å². The third-order valence-corrected chi connectivity index (χ3v) is 5.06. The molecule has 3 rings (SSSR count). The predicted octanol–water partition coefficient (Wildman–Crippen LogP) is 1.43. The molecule has 3 heterocycles. The van der Waals surface area contributed by atoms with Gasteiger partial charge >= 0.3 is 0 Å². The fourth-order valence-corrected chi connectivity index (χ4v) is 3.98. The van der Waals surface area contributed by atoms with Crippen LogP contribution >= 0.6 is 0 Å². The van der Waals surface area contributed by atoms with Crippen LogP contribution < -0.4 is 0 Å². The number of carbonyl (C=O) groups is 2. The minimum Gasteiger partial charge on any atom is -0.468 e. The highest BCUT2D eigenvalue weighted by Gasteiger charge is 2.46. The van der Waals surface area contributed by atoms with Crippen molar-refractivity contribution in [3.63, 3.8) is 0 Å². The van der Waals surface area contributed by atoms with Crippen LogP contribution in [-0.4, -0.2) is 66.3 Å². The smallest absolute Gasteiger partial charge is 0.225 e. The summed E-state index contributed by atoms with van der Waals surface area (Å²) in [5, 5.41) is 0. The van der Waals surface area contributed by atoms with Crippen molar-refractivity contribution in [1.82, 2.24) is 14.7 Å². The van der Waals surface area contributed by atoms with E-state index in [4.69, 9.17) is 4.42 Å². The van der Waals surface area contributed by atoms with E-state index in [9.17, 15) is 9.59 Å². The van der Waals surface area contributed by atoms with E-state index < -0.39 is 0 Å².